The second-order valence-corrected chi connectivity index (χ2v) is 5.20. The van der Waals surface area contributed by atoms with Crippen molar-refractivity contribution in [2.24, 2.45) is 0 Å². The molecule has 0 spiro atoms. The molecule has 4 heteroatoms. The Hall–Kier alpha value is -0.610. The van der Waals surface area contributed by atoms with E-state index < -0.39 is 0 Å². The van der Waals surface area contributed by atoms with Crippen molar-refractivity contribution in [1.29, 1.82) is 0 Å². The zero-order valence-corrected chi connectivity index (χ0v) is 10.4. The van der Waals surface area contributed by atoms with Gasteiger partial charge in [0.2, 0.25) is 5.91 Å². The molecule has 0 bridgehead atoms. The van der Waals surface area contributed by atoms with Gasteiger partial charge in [-0.25, -0.2) is 0 Å². The van der Waals surface area contributed by atoms with E-state index in [0.717, 1.165) is 25.8 Å². The molecule has 0 saturated carbocycles. The fourth-order valence-corrected chi connectivity index (χ4v) is 2.02. The standard InChI is InChI=1S/C12H24N2O2/c1-12(2,7-9-15)14-11(16)10-6-4-3-5-8-13-10/h10,13,15H,3-9H2,1-2H3,(H,14,16). The maximum absolute atomic E-state index is 12.0. The molecule has 16 heavy (non-hydrogen) atoms. The van der Waals surface area contributed by atoms with Crippen LogP contribution in [0, 0.1) is 0 Å². The smallest absolute Gasteiger partial charge is 0.237 e. The van der Waals surface area contributed by atoms with E-state index in [1.807, 2.05) is 13.8 Å². The number of amides is 1. The molecule has 1 fully saturated rings. The Bertz CT molecular complexity index is 221. The third kappa shape index (κ3) is 4.49. The fourth-order valence-electron chi connectivity index (χ4n) is 2.02. The second-order valence-electron chi connectivity index (χ2n) is 5.20. The molecule has 0 aromatic carbocycles. The third-order valence-electron chi connectivity index (χ3n) is 3.08. The molecule has 1 aliphatic rings. The maximum Gasteiger partial charge on any atom is 0.237 e. The molecule has 4 nitrogen and oxygen atoms in total. The van der Waals surface area contributed by atoms with Gasteiger partial charge in [-0.3, -0.25) is 4.79 Å². The van der Waals surface area contributed by atoms with Gasteiger partial charge in [-0.15, -0.1) is 0 Å². The van der Waals surface area contributed by atoms with Gasteiger partial charge in [-0.2, -0.15) is 0 Å². The Kier molecular flexibility index (Phi) is 5.22. The van der Waals surface area contributed by atoms with Gasteiger partial charge >= 0.3 is 0 Å². The zero-order valence-electron chi connectivity index (χ0n) is 10.4. The average Bonchev–Trinajstić information content (AvgIpc) is 2.44. The monoisotopic (exact) mass is 228 g/mol. The van der Waals surface area contributed by atoms with Gasteiger partial charge in [-0.05, 0) is 39.7 Å². The first kappa shape index (κ1) is 13.5. The summed E-state index contributed by atoms with van der Waals surface area (Å²) in [4.78, 5) is 12.0. The molecule has 1 atom stereocenters. The Labute approximate surface area is 97.8 Å². The van der Waals surface area contributed by atoms with Gasteiger partial charge < -0.3 is 15.7 Å². The summed E-state index contributed by atoms with van der Waals surface area (Å²) in [5.74, 6) is 0.0698. The highest BCUT2D eigenvalue weighted by Gasteiger charge is 2.25. The molecule has 0 aromatic heterocycles. The molecule has 1 amide bonds. The first-order chi connectivity index (χ1) is 7.55. The summed E-state index contributed by atoms with van der Waals surface area (Å²) in [5.41, 5.74) is -0.320. The van der Waals surface area contributed by atoms with Crippen LogP contribution < -0.4 is 10.6 Å². The van der Waals surface area contributed by atoms with Gasteiger partial charge in [0.05, 0.1) is 6.04 Å². The number of carbonyl (C=O) groups excluding carboxylic acids is 1. The van der Waals surface area contributed by atoms with Crippen LogP contribution in [0.1, 0.15) is 46.0 Å². The van der Waals surface area contributed by atoms with Crippen LogP contribution in [0.15, 0.2) is 0 Å². The highest BCUT2D eigenvalue weighted by Crippen LogP contribution is 2.12. The number of aliphatic hydroxyl groups is 1. The minimum Gasteiger partial charge on any atom is -0.396 e. The minimum absolute atomic E-state index is 0.0551. The molecule has 0 aromatic rings. The number of hydrogen-bond acceptors (Lipinski definition) is 3. The van der Waals surface area contributed by atoms with Gasteiger partial charge in [0, 0.05) is 12.1 Å². The van der Waals surface area contributed by atoms with Crippen molar-refractivity contribution in [3.63, 3.8) is 0 Å². The Morgan fingerprint density at radius 1 is 1.44 bits per heavy atom. The Morgan fingerprint density at radius 2 is 2.19 bits per heavy atom. The molecular formula is C12H24N2O2. The summed E-state index contributed by atoms with van der Waals surface area (Å²) in [6.07, 6.45) is 4.98. The predicted molar refractivity (Wildman–Crippen MR) is 64.2 cm³/mol. The Morgan fingerprint density at radius 3 is 2.88 bits per heavy atom. The largest absolute Gasteiger partial charge is 0.396 e. The van der Waals surface area contributed by atoms with Crippen molar-refractivity contribution in [3.8, 4) is 0 Å². The third-order valence-corrected chi connectivity index (χ3v) is 3.08. The molecular weight excluding hydrogens is 204 g/mol. The Balaban J connectivity index is 2.43. The summed E-state index contributed by atoms with van der Waals surface area (Å²) >= 11 is 0. The zero-order chi connectivity index (χ0) is 12.0. The number of hydrogen-bond donors (Lipinski definition) is 3. The molecule has 3 N–H and O–H groups in total. The van der Waals surface area contributed by atoms with Crippen LogP contribution in [-0.2, 0) is 4.79 Å². The molecule has 1 rings (SSSR count). The topological polar surface area (TPSA) is 61.4 Å². The summed E-state index contributed by atoms with van der Waals surface area (Å²) < 4.78 is 0. The van der Waals surface area contributed by atoms with Crippen LogP contribution in [0.25, 0.3) is 0 Å². The first-order valence-corrected chi connectivity index (χ1v) is 6.21. The van der Waals surface area contributed by atoms with Crippen LogP contribution in [0.5, 0.6) is 0 Å². The molecule has 1 unspecified atom stereocenters. The van der Waals surface area contributed by atoms with Crippen LogP contribution in [0.4, 0.5) is 0 Å². The molecule has 0 aliphatic carbocycles. The maximum atomic E-state index is 12.0. The molecule has 94 valence electrons. The molecule has 1 saturated heterocycles. The van der Waals surface area contributed by atoms with E-state index in [2.05, 4.69) is 10.6 Å². The van der Waals surface area contributed by atoms with Gasteiger partial charge in [0.25, 0.3) is 0 Å². The lowest BCUT2D eigenvalue weighted by Gasteiger charge is -2.28. The van der Waals surface area contributed by atoms with Crippen molar-refractivity contribution in [2.45, 2.75) is 57.5 Å². The molecule has 1 aliphatic heterocycles. The normalized spacial score (nSPS) is 22.6. The minimum atomic E-state index is -0.320. The fraction of sp³-hybridized carbons (Fsp3) is 0.917. The molecule has 0 radical (unpaired) electrons. The van der Waals surface area contributed by atoms with Crippen molar-refractivity contribution >= 4 is 5.91 Å². The van der Waals surface area contributed by atoms with Crippen LogP contribution in [-0.4, -0.2) is 35.7 Å². The first-order valence-electron chi connectivity index (χ1n) is 6.21. The average molecular weight is 228 g/mol. The lowest BCUT2D eigenvalue weighted by atomic mass is 10.00. The van der Waals surface area contributed by atoms with Crippen molar-refractivity contribution in [3.05, 3.63) is 0 Å². The predicted octanol–water partition coefficient (Wildman–Crippen LogP) is 0.796. The highest BCUT2D eigenvalue weighted by molar-refractivity contribution is 5.82. The van der Waals surface area contributed by atoms with Crippen molar-refractivity contribution in [2.75, 3.05) is 13.2 Å². The van der Waals surface area contributed by atoms with E-state index in [-0.39, 0.29) is 24.1 Å². The quantitative estimate of drug-likeness (QED) is 0.667. The highest BCUT2D eigenvalue weighted by atomic mass is 16.3. The van der Waals surface area contributed by atoms with Crippen LogP contribution in [0.3, 0.4) is 0 Å². The van der Waals surface area contributed by atoms with E-state index >= 15 is 0 Å². The summed E-state index contributed by atoms with van der Waals surface area (Å²) in [6.45, 7) is 4.92. The van der Waals surface area contributed by atoms with E-state index in [4.69, 9.17) is 5.11 Å². The number of carbonyl (C=O) groups is 1. The van der Waals surface area contributed by atoms with Gasteiger partial charge in [-0.1, -0.05) is 12.8 Å². The summed E-state index contributed by atoms with van der Waals surface area (Å²) in [5, 5.41) is 15.2. The number of aliphatic hydroxyl groups excluding tert-OH is 1. The van der Waals surface area contributed by atoms with Gasteiger partial charge in [0.15, 0.2) is 0 Å². The van der Waals surface area contributed by atoms with E-state index in [1.165, 1.54) is 6.42 Å². The lowest BCUT2D eigenvalue weighted by molar-refractivity contribution is -0.125. The van der Waals surface area contributed by atoms with Gasteiger partial charge in [0.1, 0.15) is 0 Å². The van der Waals surface area contributed by atoms with E-state index in [1.54, 1.807) is 0 Å². The van der Waals surface area contributed by atoms with Crippen LogP contribution >= 0.6 is 0 Å². The number of nitrogens with one attached hydrogen (secondary N) is 2. The summed E-state index contributed by atoms with van der Waals surface area (Å²) in [7, 11) is 0. The number of rotatable bonds is 4. The van der Waals surface area contributed by atoms with E-state index in [0.29, 0.717) is 6.42 Å². The van der Waals surface area contributed by atoms with Crippen molar-refractivity contribution < 1.29 is 9.90 Å². The summed E-state index contributed by atoms with van der Waals surface area (Å²) in [6, 6.07) is -0.0551. The second kappa shape index (κ2) is 6.21. The SMILES string of the molecule is CC(C)(CCO)NC(=O)C1CCCCCN1. The van der Waals surface area contributed by atoms with E-state index in [9.17, 15) is 4.79 Å². The van der Waals surface area contributed by atoms with Crippen molar-refractivity contribution in [1.82, 2.24) is 10.6 Å². The molecule has 1 heterocycles. The lowest BCUT2D eigenvalue weighted by Crippen LogP contribution is -2.52. The van der Waals surface area contributed by atoms with Crippen LogP contribution in [0.2, 0.25) is 0 Å².